The SMILES string of the molecule is CC(C(=O)Nc1c(N)cc(Cl)cc1Cl)N(C)CCC#N. The summed E-state index contributed by atoms with van der Waals surface area (Å²) >= 11 is 11.8. The standard InChI is InChI=1S/C13H16Cl2N4O/c1-8(19(2)5-3-4-16)13(20)18-12-10(15)6-9(14)7-11(12)17/h6-8H,3,5,17H2,1-2H3,(H,18,20). The number of nitrogens with two attached hydrogens (primary N) is 1. The first-order valence-corrected chi connectivity index (χ1v) is 6.75. The van der Waals surface area contributed by atoms with Crippen LogP contribution in [0.15, 0.2) is 12.1 Å². The molecule has 0 aromatic heterocycles. The first-order chi connectivity index (χ1) is 9.36. The maximum Gasteiger partial charge on any atom is 0.241 e. The fourth-order valence-electron chi connectivity index (χ4n) is 1.57. The quantitative estimate of drug-likeness (QED) is 0.819. The molecule has 0 saturated heterocycles. The van der Waals surface area contributed by atoms with Crippen LogP contribution in [0.1, 0.15) is 13.3 Å². The number of nitriles is 1. The number of benzene rings is 1. The molecule has 1 unspecified atom stereocenters. The van der Waals surface area contributed by atoms with E-state index >= 15 is 0 Å². The summed E-state index contributed by atoms with van der Waals surface area (Å²) < 4.78 is 0. The number of hydrogen-bond acceptors (Lipinski definition) is 4. The van der Waals surface area contributed by atoms with E-state index in [0.717, 1.165) is 0 Å². The summed E-state index contributed by atoms with van der Waals surface area (Å²) in [5, 5.41) is 11.9. The average Bonchev–Trinajstić information content (AvgIpc) is 2.38. The topological polar surface area (TPSA) is 82.2 Å². The molecule has 0 aliphatic carbocycles. The van der Waals surface area contributed by atoms with Crippen LogP contribution in [0, 0.1) is 11.3 Å². The Labute approximate surface area is 128 Å². The van der Waals surface area contributed by atoms with E-state index in [1.165, 1.54) is 12.1 Å². The van der Waals surface area contributed by atoms with Crippen molar-refractivity contribution in [2.45, 2.75) is 19.4 Å². The number of nitrogens with one attached hydrogen (secondary N) is 1. The van der Waals surface area contributed by atoms with Gasteiger partial charge in [-0.2, -0.15) is 5.26 Å². The molecule has 0 aliphatic rings. The second-order valence-electron chi connectivity index (χ2n) is 4.41. The van der Waals surface area contributed by atoms with E-state index in [9.17, 15) is 4.79 Å². The molecule has 1 aromatic rings. The highest BCUT2D eigenvalue weighted by molar-refractivity contribution is 6.37. The van der Waals surface area contributed by atoms with E-state index in [-0.39, 0.29) is 10.9 Å². The molecule has 7 heteroatoms. The number of hydrogen-bond donors (Lipinski definition) is 2. The number of amides is 1. The molecule has 0 heterocycles. The lowest BCUT2D eigenvalue weighted by molar-refractivity contribution is -0.120. The smallest absolute Gasteiger partial charge is 0.241 e. The van der Waals surface area contributed by atoms with Crippen molar-refractivity contribution in [3.05, 3.63) is 22.2 Å². The van der Waals surface area contributed by atoms with E-state index in [4.69, 9.17) is 34.2 Å². The van der Waals surface area contributed by atoms with Crippen LogP contribution in [0.25, 0.3) is 0 Å². The van der Waals surface area contributed by atoms with Gasteiger partial charge < -0.3 is 11.1 Å². The molecule has 1 amide bonds. The van der Waals surface area contributed by atoms with Gasteiger partial charge >= 0.3 is 0 Å². The van der Waals surface area contributed by atoms with Gasteiger partial charge in [0.15, 0.2) is 0 Å². The number of halogens is 2. The van der Waals surface area contributed by atoms with Crippen LogP contribution < -0.4 is 11.1 Å². The van der Waals surface area contributed by atoms with Gasteiger partial charge in [0.1, 0.15) is 0 Å². The van der Waals surface area contributed by atoms with E-state index in [1.54, 1.807) is 18.9 Å². The van der Waals surface area contributed by atoms with Gasteiger partial charge in [-0.15, -0.1) is 0 Å². The summed E-state index contributed by atoms with van der Waals surface area (Å²) in [6.07, 6.45) is 0.359. The minimum absolute atomic E-state index is 0.249. The largest absolute Gasteiger partial charge is 0.397 e. The summed E-state index contributed by atoms with van der Waals surface area (Å²) in [7, 11) is 1.77. The van der Waals surface area contributed by atoms with Gasteiger partial charge in [-0.3, -0.25) is 9.69 Å². The number of carbonyl (C=O) groups is 1. The van der Waals surface area contributed by atoms with Crippen LogP contribution in [0.4, 0.5) is 11.4 Å². The predicted octanol–water partition coefficient (Wildman–Crippen LogP) is 2.75. The Morgan fingerprint density at radius 3 is 2.75 bits per heavy atom. The molecule has 108 valence electrons. The summed E-state index contributed by atoms with van der Waals surface area (Å²) in [6.45, 7) is 2.25. The monoisotopic (exact) mass is 314 g/mol. The Balaban J connectivity index is 2.79. The second kappa shape index (κ2) is 7.34. The highest BCUT2D eigenvalue weighted by Crippen LogP contribution is 2.32. The molecule has 0 spiro atoms. The van der Waals surface area contributed by atoms with Crippen molar-refractivity contribution < 1.29 is 4.79 Å². The minimum atomic E-state index is -0.408. The maximum atomic E-state index is 12.1. The van der Waals surface area contributed by atoms with Crippen LogP contribution >= 0.6 is 23.2 Å². The summed E-state index contributed by atoms with van der Waals surface area (Å²) in [5.41, 5.74) is 6.44. The predicted molar refractivity (Wildman–Crippen MR) is 81.8 cm³/mol. The molecule has 0 aliphatic heterocycles. The second-order valence-corrected chi connectivity index (χ2v) is 5.25. The van der Waals surface area contributed by atoms with Crippen molar-refractivity contribution >= 4 is 40.5 Å². The Bertz CT molecular complexity index is 519. The first kappa shape index (κ1) is 16.6. The molecule has 0 saturated carbocycles. The van der Waals surface area contributed by atoms with Gasteiger partial charge in [0.05, 0.1) is 28.5 Å². The number of nitrogen functional groups attached to an aromatic ring is 1. The summed E-state index contributed by atoms with van der Waals surface area (Å²) in [4.78, 5) is 13.9. The normalized spacial score (nSPS) is 12.0. The Hall–Kier alpha value is -1.48. The molecule has 1 rings (SSSR count). The van der Waals surface area contributed by atoms with Crippen molar-refractivity contribution in [3.63, 3.8) is 0 Å². The Morgan fingerprint density at radius 1 is 1.55 bits per heavy atom. The van der Waals surface area contributed by atoms with Gasteiger partial charge in [0.25, 0.3) is 0 Å². The number of likely N-dealkylation sites (N-methyl/N-ethyl adjacent to an activating group) is 1. The number of carbonyl (C=O) groups excluding carboxylic acids is 1. The minimum Gasteiger partial charge on any atom is -0.397 e. The zero-order chi connectivity index (χ0) is 15.3. The molecule has 0 bridgehead atoms. The molecule has 3 N–H and O–H groups in total. The lowest BCUT2D eigenvalue weighted by Crippen LogP contribution is -2.40. The molecule has 0 radical (unpaired) electrons. The lowest BCUT2D eigenvalue weighted by atomic mass is 10.2. The molecule has 1 aromatic carbocycles. The van der Waals surface area contributed by atoms with Crippen LogP contribution in [0.3, 0.4) is 0 Å². The molecule has 1 atom stereocenters. The van der Waals surface area contributed by atoms with Crippen molar-refractivity contribution in [1.29, 1.82) is 5.26 Å². The fourth-order valence-corrected chi connectivity index (χ4v) is 2.13. The van der Waals surface area contributed by atoms with Crippen LogP contribution in [-0.2, 0) is 4.79 Å². The Kier molecular flexibility index (Phi) is 6.08. The lowest BCUT2D eigenvalue weighted by Gasteiger charge is -2.23. The van der Waals surface area contributed by atoms with Crippen LogP contribution in [0.2, 0.25) is 10.0 Å². The van der Waals surface area contributed by atoms with Gasteiger partial charge in [0.2, 0.25) is 5.91 Å². The summed E-state index contributed by atoms with van der Waals surface area (Å²) in [5.74, 6) is -0.249. The summed E-state index contributed by atoms with van der Waals surface area (Å²) in [6, 6.07) is 4.66. The number of anilines is 2. The van der Waals surface area contributed by atoms with Crippen LogP contribution in [-0.4, -0.2) is 30.4 Å². The van der Waals surface area contributed by atoms with Crippen molar-refractivity contribution in [2.75, 3.05) is 24.6 Å². The molecular weight excluding hydrogens is 299 g/mol. The van der Waals surface area contributed by atoms with Crippen molar-refractivity contribution in [1.82, 2.24) is 4.90 Å². The zero-order valence-corrected chi connectivity index (χ0v) is 12.8. The third-order valence-electron chi connectivity index (χ3n) is 2.95. The van der Waals surface area contributed by atoms with Gasteiger partial charge in [0, 0.05) is 18.0 Å². The van der Waals surface area contributed by atoms with Gasteiger partial charge in [-0.1, -0.05) is 23.2 Å². The van der Waals surface area contributed by atoms with E-state index in [2.05, 4.69) is 5.32 Å². The zero-order valence-electron chi connectivity index (χ0n) is 11.3. The molecular formula is C13H16Cl2N4O. The maximum absolute atomic E-state index is 12.1. The average molecular weight is 315 g/mol. The molecule has 5 nitrogen and oxygen atoms in total. The highest BCUT2D eigenvalue weighted by Gasteiger charge is 2.19. The van der Waals surface area contributed by atoms with Crippen LogP contribution in [0.5, 0.6) is 0 Å². The van der Waals surface area contributed by atoms with Crippen molar-refractivity contribution in [3.8, 4) is 6.07 Å². The molecule has 0 fully saturated rings. The third kappa shape index (κ3) is 4.27. The van der Waals surface area contributed by atoms with E-state index in [1.807, 2.05) is 6.07 Å². The van der Waals surface area contributed by atoms with Crippen molar-refractivity contribution in [2.24, 2.45) is 0 Å². The number of rotatable bonds is 5. The van der Waals surface area contributed by atoms with E-state index in [0.29, 0.717) is 29.4 Å². The molecule has 20 heavy (non-hydrogen) atoms. The first-order valence-electron chi connectivity index (χ1n) is 5.99. The van der Waals surface area contributed by atoms with Gasteiger partial charge in [-0.05, 0) is 26.1 Å². The fraction of sp³-hybridized carbons (Fsp3) is 0.385. The Morgan fingerprint density at radius 2 is 2.20 bits per heavy atom. The van der Waals surface area contributed by atoms with E-state index < -0.39 is 6.04 Å². The third-order valence-corrected chi connectivity index (χ3v) is 3.47. The highest BCUT2D eigenvalue weighted by atomic mass is 35.5. The number of nitrogens with zero attached hydrogens (tertiary/aromatic N) is 2. The van der Waals surface area contributed by atoms with Gasteiger partial charge in [-0.25, -0.2) is 0 Å².